The van der Waals surface area contributed by atoms with Gasteiger partial charge in [-0.3, -0.25) is 4.90 Å². The highest BCUT2D eigenvalue weighted by atomic mass is 19.2. The normalized spacial score (nSPS) is 16.1. The zero-order chi connectivity index (χ0) is 77.7. The van der Waals surface area contributed by atoms with Gasteiger partial charge in [0, 0.05) is 109 Å². The number of piperidine rings is 1. The molecule has 576 valence electrons. The van der Waals surface area contributed by atoms with Gasteiger partial charge in [0.2, 0.25) is 17.8 Å². The molecule has 18 rings (SSSR count). The van der Waals surface area contributed by atoms with Gasteiger partial charge in [-0.15, -0.1) is 0 Å². The van der Waals surface area contributed by atoms with Crippen molar-refractivity contribution in [2.45, 2.75) is 82.0 Å². The number of hydrogen-bond donors (Lipinski definition) is 3. The Hall–Kier alpha value is -11.7. The van der Waals surface area contributed by atoms with Crippen LogP contribution in [0.5, 0.6) is 0 Å². The lowest BCUT2D eigenvalue weighted by Crippen LogP contribution is -2.37. The molecule has 3 N–H and O–H groups in total. The van der Waals surface area contributed by atoms with Crippen molar-refractivity contribution in [1.82, 2.24) is 44.6 Å². The maximum Gasteiger partial charge on any atom is 0.227 e. The van der Waals surface area contributed by atoms with E-state index < -0.39 is 23.3 Å². The Bertz CT molecular complexity index is 5240. The van der Waals surface area contributed by atoms with E-state index in [0.29, 0.717) is 42.7 Å². The lowest BCUT2D eigenvalue weighted by Gasteiger charge is -2.27. The van der Waals surface area contributed by atoms with E-state index in [1.165, 1.54) is 84.9 Å². The van der Waals surface area contributed by atoms with Crippen molar-refractivity contribution in [3.8, 4) is 33.8 Å². The lowest BCUT2D eigenvalue weighted by molar-refractivity contribution is 0.0384. The van der Waals surface area contributed by atoms with Gasteiger partial charge in [-0.25, -0.2) is 51.9 Å². The largest absolute Gasteiger partial charge is 0.379 e. The SMILES string of the molecule is CN(CCc1ccccc1)CCc1ccc(Nc2ncc3c(n2)-c2ccccc2[C@H](c2ccccc2F)C3)cc1.Fc1ccc([C@@H]2Cc3cnc(Nc4ccc(CCN5CCOCC5)cc4)nc3-c3ccccc32)cc1F.Fc1ccc([C@H]2Cc3cnc(Nc4ccc(CCN5CCCCC5)cc4)nc3-c3ccccc32)cc1F. The Balaban J connectivity index is 0.000000129. The van der Waals surface area contributed by atoms with E-state index in [0.717, 1.165) is 174 Å². The third kappa shape index (κ3) is 18.5. The zero-order valence-electron chi connectivity index (χ0n) is 63.9. The summed E-state index contributed by atoms with van der Waals surface area (Å²) in [7, 11) is 2.18. The standard InChI is InChI=1S/C35H33FN4.C31H30F2N4.C30H28F2N4O/c1-40(21-19-25-9-3-2-4-10-25)22-20-26-15-17-28(18-16-26)38-35-37-24-27-23-32(30-12-7-8-14-33(30)36)29-11-5-6-13-31(29)34(27)39-35;32-28-13-10-22(19-29(28)33)27-18-23-20-34-31(36-30(23)26-7-3-2-6-25(26)27)35-24-11-8-21(9-12-24)14-17-37-15-4-1-5-16-37;31-27-10-7-21(18-28(27)32)26-17-22-19-33-30(35-29(22)25-4-2-1-3-24(25)26)34-23-8-5-20(6-9-23)11-12-36-13-15-37-16-14-36/h2-18,24,32H,19-23H2,1H3,(H,37,38,39);2-3,6-13,19-20,27H,1,4-5,14-18H2,(H,34,35,36);1-10,18-19,26H,11-17H2,(H,33,34,35)/t32-;27-;26-/m110/s1. The van der Waals surface area contributed by atoms with E-state index >= 15 is 0 Å². The molecule has 0 unspecified atom stereocenters. The van der Waals surface area contributed by atoms with Gasteiger partial charge < -0.3 is 30.5 Å². The van der Waals surface area contributed by atoms with Crippen molar-refractivity contribution in [3.05, 3.63) is 357 Å². The number of benzene rings is 10. The minimum atomic E-state index is -0.836. The van der Waals surface area contributed by atoms with E-state index in [1.807, 2.05) is 91.4 Å². The fraction of sp³-hybridized carbons (Fsp3) is 0.250. The average molecular weight is 1520 g/mol. The van der Waals surface area contributed by atoms with E-state index in [9.17, 15) is 22.0 Å². The van der Waals surface area contributed by atoms with Crippen LogP contribution >= 0.6 is 0 Å². The maximum absolute atomic E-state index is 14.7. The van der Waals surface area contributed by atoms with Gasteiger partial charge in [-0.1, -0.05) is 176 Å². The van der Waals surface area contributed by atoms with E-state index in [4.69, 9.17) is 19.7 Å². The molecule has 0 radical (unpaired) electrons. The summed E-state index contributed by atoms with van der Waals surface area (Å²) in [6.07, 6.45) is 15.6. The molecule has 2 fully saturated rings. The summed E-state index contributed by atoms with van der Waals surface area (Å²) in [5.41, 5.74) is 22.2. The summed E-state index contributed by atoms with van der Waals surface area (Å²) in [5.74, 6) is -2.10. The molecule has 3 aliphatic carbocycles. The molecule has 3 atom stereocenters. The molecule has 0 spiro atoms. The molecule has 10 aromatic carbocycles. The first-order valence-electron chi connectivity index (χ1n) is 39.7. The van der Waals surface area contributed by atoms with Crippen LogP contribution in [-0.4, -0.2) is 117 Å². The van der Waals surface area contributed by atoms with Crippen LogP contribution in [0.4, 0.5) is 56.9 Å². The Morgan fingerprint density at radius 2 is 0.728 bits per heavy atom. The molecule has 5 heterocycles. The van der Waals surface area contributed by atoms with Crippen molar-refractivity contribution < 1.29 is 26.7 Å². The van der Waals surface area contributed by atoms with Crippen LogP contribution in [0.2, 0.25) is 0 Å². The maximum atomic E-state index is 14.7. The Morgan fingerprint density at radius 1 is 0.360 bits per heavy atom. The van der Waals surface area contributed by atoms with E-state index in [-0.39, 0.29) is 23.6 Å². The fourth-order valence-electron chi connectivity index (χ4n) is 16.3. The van der Waals surface area contributed by atoms with Crippen LogP contribution < -0.4 is 16.0 Å². The highest BCUT2D eigenvalue weighted by molar-refractivity contribution is 5.76. The van der Waals surface area contributed by atoms with Crippen molar-refractivity contribution in [2.24, 2.45) is 0 Å². The zero-order valence-corrected chi connectivity index (χ0v) is 63.9. The minimum absolute atomic E-state index is 0.0581. The molecule has 0 saturated carbocycles. The van der Waals surface area contributed by atoms with Crippen molar-refractivity contribution in [3.63, 3.8) is 0 Å². The van der Waals surface area contributed by atoms with Crippen LogP contribution in [-0.2, 0) is 49.7 Å². The number of ether oxygens (including phenoxy) is 1. The van der Waals surface area contributed by atoms with E-state index in [1.54, 1.807) is 18.2 Å². The molecule has 13 aromatic rings. The molecule has 13 nitrogen and oxygen atoms in total. The Kier molecular flexibility index (Phi) is 24.1. The smallest absolute Gasteiger partial charge is 0.227 e. The molecular weight excluding hydrogens is 1430 g/mol. The molecule has 18 heteroatoms. The highest BCUT2D eigenvalue weighted by Crippen LogP contribution is 2.46. The van der Waals surface area contributed by atoms with Gasteiger partial charge in [-0.2, -0.15) is 0 Å². The van der Waals surface area contributed by atoms with Gasteiger partial charge in [0.05, 0.1) is 30.3 Å². The van der Waals surface area contributed by atoms with Gasteiger partial charge in [0.25, 0.3) is 0 Å². The van der Waals surface area contributed by atoms with Crippen molar-refractivity contribution >= 4 is 34.9 Å². The molecule has 2 aliphatic heterocycles. The number of hydrogen-bond acceptors (Lipinski definition) is 13. The molecule has 0 bridgehead atoms. The quantitative estimate of drug-likeness (QED) is 0.0590. The second-order valence-electron chi connectivity index (χ2n) is 30.2. The van der Waals surface area contributed by atoms with Gasteiger partial charge >= 0.3 is 0 Å². The fourth-order valence-corrected chi connectivity index (χ4v) is 16.3. The number of morpholine rings is 1. The van der Waals surface area contributed by atoms with Crippen molar-refractivity contribution in [1.29, 1.82) is 0 Å². The van der Waals surface area contributed by atoms with Gasteiger partial charge in [0.15, 0.2) is 23.3 Å². The van der Waals surface area contributed by atoms with Crippen LogP contribution in [0.1, 0.15) is 109 Å². The first-order chi connectivity index (χ1) is 55.9. The second-order valence-corrected chi connectivity index (χ2v) is 30.2. The van der Waals surface area contributed by atoms with Crippen LogP contribution in [0.15, 0.2) is 255 Å². The highest BCUT2D eigenvalue weighted by Gasteiger charge is 2.32. The van der Waals surface area contributed by atoms with E-state index in [2.05, 4.69) is 168 Å². The first-order valence-corrected chi connectivity index (χ1v) is 39.7. The van der Waals surface area contributed by atoms with Gasteiger partial charge in [-0.05, 0) is 217 Å². The predicted octanol–water partition coefficient (Wildman–Crippen LogP) is 20.0. The number of likely N-dealkylation sites (tertiary alicyclic amines) is 1. The molecule has 114 heavy (non-hydrogen) atoms. The molecular formula is C96H91F5N12O. The monoisotopic (exact) mass is 1520 g/mol. The number of aromatic nitrogens is 6. The number of anilines is 6. The first kappa shape index (κ1) is 76.3. The molecule has 3 aromatic heterocycles. The number of rotatable bonds is 21. The number of likely N-dealkylation sites (N-methyl/N-ethyl adjacent to an activating group) is 1. The molecule has 5 aliphatic rings. The third-order valence-corrected chi connectivity index (χ3v) is 22.6. The summed E-state index contributed by atoms with van der Waals surface area (Å²) in [4.78, 5) is 35.8. The predicted molar refractivity (Wildman–Crippen MR) is 444 cm³/mol. The topological polar surface area (TPSA) is 132 Å². The minimum Gasteiger partial charge on any atom is -0.379 e. The van der Waals surface area contributed by atoms with Gasteiger partial charge in [0.1, 0.15) is 5.82 Å². The lowest BCUT2D eigenvalue weighted by atomic mass is 9.78. The summed E-state index contributed by atoms with van der Waals surface area (Å²) < 4.78 is 75.3. The number of nitrogens with zero attached hydrogens (tertiary/aromatic N) is 9. The summed E-state index contributed by atoms with van der Waals surface area (Å²) >= 11 is 0. The Labute approximate surface area is 663 Å². The van der Waals surface area contributed by atoms with Crippen LogP contribution in [0.3, 0.4) is 0 Å². The number of fused-ring (bicyclic) bond motifs is 9. The van der Waals surface area contributed by atoms with Crippen LogP contribution in [0, 0.1) is 29.1 Å². The van der Waals surface area contributed by atoms with Crippen molar-refractivity contribution in [2.75, 3.05) is 88.6 Å². The number of nitrogens with one attached hydrogen (secondary N) is 3. The summed E-state index contributed by atoms with van der Waals surface area (Å²) in [6.45, 7) is 10.3. The number of halogens is 5. The summed E-state index contributed by atoms with van der Waals surface area (Å²) in [6, 6.07) is 75.7. The second kappa shape index (κ2) is 36.0. The summed E-state index contributed by atoms with van der Waals surface area (Å²) in [5, 5.41) is 10.1. The molecule has 0 amide bonds. The van der Waals surface area contributed by atoms with Crippen LogP contribution in [0.25, 0.3) is 33.8 Å². The Morgan fingerprint density at radius 3 is 1.16 bits per heavy atom. The average Bonchev–Trinajstić information content (AvgIpc) is 0.769. The molecule has 2 saturated heterocycles. The third-order valence-electron chi connectivity index (χ3n) is 22.6.